The first-order chi connectivity index (χ1) is 22.7. The third kappa shape index (κ3) is 6.27. The molecular weight excluding hydrogens is 592 g/mol. The molecule has 6 rings (SSSR count). The summed E-state index contributed by atoms with van der Waals surface area (Å²) in [7, 11) is 0. The number of carbonyl (C=O) groups is 3. The number of anilines is 3. The lowest BCUT2D eigenvalue weighted by Gasteiger charge is -2.36. The van der Waals surface area contributed by atoms with E-state index in [2.05, 4.69) is 5.32 Å². The van der Waals surface area contributed by atoms with E-state index in [1.54, 1.807) is 89.5 Å². The molecule has 47 heavy (non-hydrogen) atoms. The third-order valence-electron chi connectivity index (χ3n) is 9.14. The second-order valence-electron chi connectivity index (χ2n) is 12.2. The minimum Gasteiger partial charge on any atom is -0.399 e. The summed E-state index contributed by atoms with van der Waals surface area (Å²) in [6, 6.07) is 28.7. The molecule has 0 saturated carbocycles. The number of benzene rings is 4. The van der Waals surface area contributed by atoms with Gasteiger partial charge in [0.2, 0.25) is 5.91 Å². The summed E-state index contributed by atoms with van der Waals surface area (Å²) in [6.07, 6.45) is 4.09. The zero-order valence-electron chi connectivity index (χ0n) is 26.2. The number of carbonyl (C=O) groups excluding carboxylic acids is 3. The molecule has 2 aliphatic heterocycles. The van der Waals surface area contributed by atoms with Crippen LogP contribution in [0.2, 0.25) is 0 Å². The monoisotopic (exact) mass is 630 g/mol. The number of nitrogens with two attached hydrogens (primary N) is 1. The van der Waals surface area contributed by atoms with E-state index < -0.39 is 17.4 Å². The van der Waals surface area contributed by atoms with Crippen molar-refractivity contribution in [1.29, 1.82) is 0 Å². The molecule has 5 N–H and O–H groups in total. The quantitative estimate of drug-likeness (QED) is 0.155. The van der Waals surface area contributed by atoms with Crippen molar-refractivity contribution in [1.82, 2.24) is 4.90 Å². The summed E-state index contributed by atoms with van der Waals surface area (Å²) in [5.74, 6) is -1.52. The molecule has 0 aliphatic carbocycles. The van der Waals surface area contributed by atoms with Gasteiger partial charge in [0.05, 0.1) is 24.9 Å². The van der Waals surface area contributed by atoms with Crippen LogP contribution in [-0.2, 0) is 34.7 Å². The molecule has 0 aromatic heterocycles. The van der Waals surface area contributed by atoms with Gasteiger partial charge in [0.1, 0.15) is 0 Å². The predicted octanol–water partition coefficient (Wildman–Crippen LogP) is 4.78. The van der Waals surface area contributed by atoms with E-state index >= 15 is 0 Å². The minimum absolute atomic E-state index is 0.0769. The first kappa shape index (κ1) is 31.7. The van der Waals surface area contributed by atoms with Crippen LogP contribution in [0.25, 0.3) is 0 Å². The average Bonchev–Trinajstić information content (AvgIpc) is 3.30. The molecule has 4 aromatic carbocycles. The highest BCUT2D eigenvalue weighted by Crippen LogP contribution is 2.45. The Morgan fingerprint density at radius 2 is 1.72 bits per heavy atom. The Morgan fingerprint density at radius 3 is 2.49 bits per heavy atom. The van der Waals surface area contributed by atoms with Crippen molar-refractivity contribution in [2.24, 2.45) is 5.92 Å². The van der Waals surface area contributed by atoms with Crippen LogP contribution < -0.4 is 16.0 Å². The standard InChI is InChI=1S/C38H38N4O5/c1-25(8-6-15-35(44)41-23-29-11-3-2-10-28(29)21-32(41)24-43)38(47)33-13-4-5-14-34(33)42(37(38)46)22-26-9-7-12-31(20-26)40-36(45)27-16-18-30(39)19-17-27/h2-14,16-20,25,32,43,47H,15,21-24,39H2,1H3,(H,40,45)/b8-6+/t25-,32+,38+/m1/s1. The number of nitrogen functional groups attached to an aromatic ring is 1. The number of nitrogens with zero attached hydrogens (tertiary/aromatic N) is 2. The molecule has 0 bridgehead atoms. The van der Waals surface area contributed by atoms with Crippen LogP contribution in [0.5, 0.6) is 0 Å². The number of fused-ring (bicyclic) bond motifs is 2. The van der Waals surface area contributed by atoms with Gasteiger partial charge in [-0.25, -0.2) is 0 Å². The molecule has 0 fully saturated rings. The van der Waals surface area contributed by atoms with Crippen LogP contribution >= 0.6 is 0 Å². The summed E-state index contributed by atoms with van der Waals surface area (Å²) in [4.78, 5) is 43.3. The lowest BCUT2D eigenvalue weighted by Crippen LogP contribution is -2.46. The molecule has 3 atom stereocenters. The van der Waals surface area contributed by atoms with Crippen molar-refractivity contribution < 1.29 is 24.6 Å². The van der Waals surface area contributed by atoms with Gasteiger partial charge in [-0.1, -0.05) is 73.7 Å². The van der Waals surface area contributed by atoms with Gasteiger partial charge in [-0.2, -0.15) is 0 Å². The molecule has 0 radical (unpaired) electrons. The highest BCUT2D eigenvalue weighted by atomic mass is 16.3. The molecule has 0 unspecified atom stereocenters. The Bertz CT molecular complexity index is 1840. The SMILES string of the molecule is C[C@H](/C=C/CC(=O)N1Cc2ccccc2C[C@H]1CO)[C@@]1(O)C(=O)N(Cc2cccc(NC(=O)c3ccc(N)cc3)c2)c2ccccc21. The number of nitrogens with one attached hydrogen (secondary N) is 1. The molecule has 0 saturated heterocycles. The second kappa shape index (κ2) is 13.2. The molecular formula is C38H38N4O5. The van der Waals surface area contributed by atoms with E-state index in [0.717, 1.165) is 16.7 Å². The van der Waals surface area contributed by atoms with Gasteiger partial charge in [0.25, 0.3) is 11.8 Å². The summed E-state index contributed by atoms with van der Waals surface area (Å²) < 4.78 is 0. The number of hydrogen-bond donors (Lipinski definition) is 4. The van der Waals surface area contributed by atoms with Crippen molar-refractivity contribution in [2.75, 3.05) is 22.6 Å². The largest absolute Gasteiger partial charge is 0.399 e. The Labute approximate surface area is 273 Å². The Hall–Kier alpha value is -5.25. The third-order valence-corrected chi connectivity index (χ3v) is 9.14. The lowest BCUT2D eigenvalue weighted by molar-refractivity contribution is -0.139. The summed E-state index contributed by atoms with van der Waals surface area (Å²) >= 11 is 0. The lowest BCUT2D eigenvalue weighted by atomic mass is 9.83. The number of amides is 3. The fraction of sp³-hybridized carbons (Fsp3) is 0.237. The van der Waals surface area contributed by atoms with Crippen LogP contribution in [0.3, 0.4) is 0 Å². The maximum atomic E-state index is 14.0. The van der Waals surface area contributed by atoms with E-state index in [-0.39, 0.29) is 37.4 Å². The number of aliphatic hydroxyl groups is 2. The van der Waals surface area contributed by atoms with Gasteiger partial charge in [-0.05, 0) is 65.6 Å². The molecule has 4 aromatic rings. The zero-order chi connectivity index (χ0) is 33.1. The molecule has 240 valence electrons. The topological polar surface area (TPSA) is 136 Å². The van der Waals surface area contributed by atoms with Crippen LogP contribution in [0.15, 0.2) is 109 Å². The van der Waals surface area contributed by atoms with Gasteiger partial charge in [0, 0.05) is 41.4 Å². The van der Waals surface area contributed by atoms with Crippen molar-refractivity contribution >= 4 is 34.8 Å². The summed E-state index contributed by atoms with van der Waals surface area (Å²) in [5.41, 5.74) is 9.58. The van der Waals surface area contributed by atoms with E-state index in [9.17, 15) is 24.6 Å². The van der Waals surface area contributed by atoms with Crippen LogP contribution in [0.4, 0.5) is 17.1 Å². The Morgan fingerprint density at radius 1 is 1.00 bits per heavy atom. The second-order valence-corrected chi connectivity index (χ2v) is 12.2. The molecule has 3 amide bonds. The molecule has 0 spiro atoms. The number of aliphatic hydroxyl groups excluding tert-OH is 1. The predicted molar refractivity (Wildman–Crippen MR) is 181 cm³/mol. The van der Waals surface area contributed by atoms with Crippen molar-refractivity contribution in [3.8, 4) is 0 Å². The first-order valence-electron chi connectivity index (χ1n) is 15.7. The van der Waals surface area contributed by atoms with E-state index in [0.29, 0.717) is 41.2 Å². The Kier molecular flexibility index (Phi) is 8.93. The van der Waals surface area contributed by atoms with Gasteiger partial charge >= 0.3 is 0 Å². The van der Waals surface area contributed by atoms with Gasteiger partial charge in [-0.3, -0.25) is 14.4 Å². The van der Waals surface area contributed by atoms with Gasteiger partial charge in [-0.15, -0.1) is 0 Å². The highest BCUT2D eigenvalue weighted by Gasteiger charge is 2.52. The summed E-state index contributed by atoms with van der Waals surface area (Å²) in [5, 5.41) is 24.9. The van der Waals surface area contributed by atoms with Crippen molar-refractivity contribution in [3.05, 3.63) is 137 Å². The van der Waals surface area contributed by atoms with E-state index in [1.807, 2.05) is 36.4 Å². The van der Waals surface area contributed by atoms with Crippen LogP contribution in [0.1, 0.15) is 46.0 Å². The number of hydrogen-bond acceptors (Lipinski definition) is 6. The normalized spacial score (nSPS) is 19.4. The van der Waals surface area contributed by atoms with Crippen molar-refractivity contribution in [2.45, 2.75) is 44.5 Å². The molecule has 9 heteroatoms. The average molecular weight is 631 g/mol. The van der Waals surface area contributed by atoms with E-state index in [1.165, 1.54) is 0 Å². The fourth-order valence-corrected chi connectivity index (χ4v) is 6.50. The van der Waals surface area contributed by atoms with E-state index in [4.69, 9.17) is 5.73 Å². The zero-order valence-corrected chi connectivity index (χ0v) is 26.2. The number of rotatable bonds is 9. The van der Waals surface area contributed by atoms with Gasteiger partial charge in [0.15, 0.2) is 5.60 Å². The van der Waals surface area contributed by atoms with Crippen molar-refractivity contribution in [3.63, 3.8) is 0 Å². The number of para-hydroxylation sites is 1. The molecule has 2 aliphatic rings. The molecule has 2 heterocycles. The minimum atomic E-state index is -1.84. The van der Waals surface area contributed by atoms with Gasteiger partial charge < -0.3 is 31.1 Å². The fourth-order valence-electron chi connectivity index (χ4n) is 6.50. The first-order valence-corrected chi connectivity index (χ1v) is 15.7. The summed E-state index contributed by atoms with van der Waals surface area (Å²) in [6.45, 7) is 2.25. The maximum Gasteiger partial charge on any atom is 0.264 e. The van der Waals surface area contributed by atoms with Crippen LogP contribution in [-0.4, -0.2) is 45.5 Å². The smallest absolute Gasteiger partial charge is 0.264 e. The molecule has 9 nitrogen and oxygen atoms in total. The highest BCUT2D eigenvalue weighted by molar-refractivity contribution is 6.07. The Balaban J connectivity index is 1.16. The van der Waals surface area contributed by atoms with Crippen LogP contribution in [0, 0.1) is 5.92 Å². The maximum absolute atomic E-state index is 14.0.